The first-order valence-corrected chi connectivity index (χ1v) is 8.45. The number of benzene rings is 1. The van der Waals surface area contributed by atoms with Gasteiger partial charge < -0.3 is 9.73 Å². The monoisotopic (exact) mass is 344 g/mol. The van der Waals surface area contributed by atoms with Gasteiger partial charge in [-0.25, -0.2) is 9.37 Å². The highest BCUT2D eigenvalue weighted by Crippen LogP contribution is 2.25. The molecule has 6 heteroatoms. The zero-order valence-corrected chi connectivity index (χ0v) is 14.0. The minimum Gasteiger partial charge on any atom is -0.461 e. The highest BCUT2D eigenvalue weighted by molar-refractivity contribution is 7.11. The second-order valence-electron chi connectivity index (χ2n) is 5.37. The molecule has 0 atom stereocenters. The molecule has 0 fully saturated rings. The number of halogens is 1. The second kappa shape index (κ2) is 7.40. The van der Waals surface area contributed by atoms with Gasteiger partial charge in [0.2, 0.25) is 5.91 Å². The molecule has 1 aromatic carbocycles. The number of nitrogens with one attached hydrogen (secondary N) is 1. The molecule has 0 radical (unpaired) electrons. The van der Waals surface area contributed by atoms with Gasteiger partial charge >= 0.3 is 0 Å². The van der Waals surface area contributed by atoms with Crippen LogP contribution < -0.4 is 5.32 Å². The van der Waals surface area contributed by atoms with E-state index in [1.54, 1.807) is 47.9 Å². The summed E-state index contributed by atoms with van der Waals surface area (Å²) in [6.07, 6.45) is 2.57. The van der Waals surface area contributed by atoms with Gasteiger partial charge in [-0.15, -0.1) is 11.3 Å². The van der Waals surface area contributed by atoms with Gasteiger partial charge in [0.05, 0.1) is 17.1 Å². The zero-order valence-electron chi connectivity index (χ0n) is 13.2. The summed E-state index contributed by atoms with van der Waals surface area (Å²) in [5, 5.41) is 3.84. The van der Waals surface area contributed by atoms with Gasteiger partial charge in [-0.2, -0.15) is 0 Å². The number of carbonyl (C=O) groups is 1. The minimum atomic E-state index is -0.323. The molecule has 0 saturated heterocycles. The third-order valence-electron chi connectivity index (χ3n) is 3.53. The number of amides is 1. The predicted molar refractivity (Wildman–Crippen MR) is 91.1 cm³/mol. The van der Waals surface area contributed by atoms with E-state index < -0.39 is 0 Å². The van der Waals surface area contributed by atoms with Gasteiger partial charge in [0.25, 0.3) is 0 Å². The van der Waals surface area contributed by atoms with Crippen LogP contribution in [-0.4, -0.2) is 10.9 Å². The topological polar surface area (TPSA) is 55.1 Å². The normalized spacial score (nSPS) is 10.8. The summed E-state index contributed by atoms with van der Waals surface area (Å²) in [7, 11) is 0. The zero-order chi connectivity index (χ0) is 16.9. The molecule has 0 bridgehead atoms. The van der Waals surface area contributed by atoms with Gasteiger partial charge in [0.15, 0.2) is 0 Å². The first kappa shape index (κ1) is 16.4. The van der Waals surface area contributed by atoms with E-state index in [4.69, 9.17) is 4.42 Å². The lowest BCUT2D eigenvalue weighted by Gasteiger charge is -2.02. The Morgan fingerprint density at radius 2 is 2.12 bits per heavy atom. The molecule has 0 saturated carbocycles. The van der Waals surface area contributed by atoms with Crippen molar-refractivity contribution in [3.63, 3.8) is 0 Å². The summed E-state index contributed by atoms with van der Waals surface area (Å²) in [5.41, 5.74) is 0.425. The Balaban J connectivity index is 1.52. The number of thiazole rings is 1. The van der Waals surface area contributed by atoms with Crippen molar-refractivity contribution in [2.75, 3.05) is 0 Å². The Hall–Kier alpha value is -2.47. The van der Waals surface area contributed by atoms with Crippen molar-refractivity contribution in [2.45, 2.75) is 26.3 Å². The number of nitrogens with zero attached hydrogens (tertiary/aromatic N) is 1. The van der Waals surface area contributed by atoms with Gasteiger partial charge in [-0.3, -0.25) is 4.79 Å². The summed E-state index contributed by atoms with van der Waals surface area (Å²) < 4.78 is 19.4. The van der Waals surface area contributed by atoms with E-state index in [0.29, 0.717) is 36.5 Å². The van der Waals surface area contributed by atoms with E-state index in [1.807, 2.05) is 6.92 Å². The molecule has 24 heavy (non-hydrogen) atoms. The van der Waals surface area contributed by atoms with Crippen LogP contribution in [0.1, 0.15) is 22.1 Å². The van der Waals surface area contributed by atoms with Crippen molar-refractivity contribution in [1.29, 1.82) is 0 Å². The molecule has 0 aliphatic heterocycles. The fraction of sp³-hybridized carbons (Fsp3) is 0.222. The maximum Gasteiger partial charge on any atom is 0.220 e. The van der Waals surface area contributed by atoms with E-state index in [9.17, 15) is 9.18 Å². The van der Waals surface area contributed by atoms with Crippen LogP contribution in [0.4, 0.5) is 4.39 Å². The van der Waals surface area contributed by atoms with E-state index in [-0.39, 0.29) is 11.7 Å². The van der Waals surface area contributed by atoms with Crippen LogP contribution in [0.2, 0.25) is 0 Å². The van der Waals surface area contributed by atoms with Crippen LogP contribution in [-0.2, 0) is 17.8 Å². The van der Waals surface area contributed by atoms with Crippen LogP contribution in [0, 0.1) is 12.7 Å². The number of aromatic nitrogens is 1. The molecular formula is C18H17FN2O2S. The number of hydrogen-bond donors (Lipinski definition) is 1. The average Bonchev–Trinajstić information content (AvgIpc) is 3.20. The van der Waals surface area contributed by atoms with E-state index in [1.165, 1.54) is 6.07 Å². The van der Waals surface area contributed by atoms with Crippen molar-refractivity contribution in [3.8, 4) is 11.3 Å². The van der Waals surface area contributed by atoms with E-state index in [2.05, 4.69) is 10.3 Å². The van der Waals surface area contributed by atoms with Crippen molar-refractivity contribution < 1.29 is 13.6 Å². The van der Waals surface area contributed by atoms with Gasteiger partial charge in [0, 0.05) is 23.9 Å². The highest BCUT2D eigenvalue weighted by Gasteiger charge is 2.10. The first-order chi connectivity index (χ1) is 11.6. The number of aryl methyl sites for hydroxylation is 2. The molecule has 1 amide bonds. The van der Waals surface area contributed by atoms with Gasteiger partial charge in [-0.05, 0) is 31.2 Å². The standard InChI is InChI=1S/C18H17FN2O2S/c1-12-20-10-14(24-12)11-21-18(22)9-7-13-6-8-17(23-13)15-4-2-3-5-16(15)19/h2-6,8,10H,7,9,11H2,1H3,(H,21,22). The molecule has 0 unspecified atom stereocenters. The van der Waals surface area contributed by atoms with Crippen LogP contribution in [0.3, 0.4) is 0 Å². The van der Waals surface area contributed by atoms with Crippen molar-refractivity contribution in [2.24, 2.45) is 0 Å². The van der Waals surface area contributed by atoms with Gasteiger partial charge in [0.1, 0.15) is 17.3 Å². The molecule has 4 nitrogen and oxygen atoms in total. The molecule has 0 spiro atoms. The van der Waals surface area contributed by atoms with Crippen LogP contribution in [0.15, 0.2) is 47.0 Å². The summed E-state index contributed by atoms with van der Waals surface area (Å²) in [4.78, 5) is 17.1. The molecule has 0 aliphatic carbocycles. The van der Waals surface area contributed by atoms with Crippen molar-refractivity contribution in [1.82, 2.24) is 10.3 Å². The fourth-order valence-corrected chi connectivity index (χ4v) is 3.05. The smallest absolute Gasteiger partial charge is 0.220 e. The first-order valence-electron chi connectivity index (χ1n) is 7.63. The largest absolute Gasteiger partial charge is 0.461 e. The van der Waals surface area contributed by atoms with E-state index in [0.717, 1.165) is 9.88 Å². The molecule has 1 N–H and O–H groups in total. The lowest BCUT2D eigenvalue weighted by molar-refractivity contribution is -0.121. The molecule has 0 aliphatic rings. The molecule has 3 aromatic rings. The number of carbonyl (C=O) groups excluding carboxylic acids is 1. The summed E-state index contributed by atoms with van der Waals surface area (Å²) in [5.74, 6) is 0.765. The van der Waals surface area contributed by atoms with Crippen LogP contribution in [0.25, 0.3) is 11.3 Å². The average molecular weight is 344 g/mol. The third kappa shape index (κ3) is 4.08. The maximum absolute atomic E-state index is 13.7. The van der Waals surface area contributed by atoms with Crippen molar-refractivity contribution in [3.05, 3.63) is 64.1 Å². The number of hydrogen-bond acceptors (Lipinski definition) is 4. The molecule has 2 aromatic heterocycles. The molecule has 3 rings (SSSR count). The van der Waals surface area contributed by atoms with E-state index >= 15 is 0 Å². The Morgan fingerprint density at radius 3 is 2.88 bits per heavy atom. The van der Waals surface area contributed by atoms with Crippen molar-refractivity contribution >= 4 is 17.2 Å². The summed E-state index contributed by atoms with van der Waals surface area (Å²) in [6, 6.07) is 9.97. The molecule has 124 valence electrons. The summed E-state index contributed by atoms with van der Waals surface area (Å²) >= 11 is 1.57. The summed E-state index contributed by atoms with van der Waals surface area (Å²) in [6.45, 7) is 2.42. The maximum atomic E-state index is 13.7. The Morgan fingerprint density at radius 1 is 1.29 bits per heavy atom. The van der Waals surface area contributed by atoms with Crippen LogP contribution in [0.5, 0.6) is 0 Å². The fourth-order valence-electron chi connectivity index (χ4n) is 2.32. The lowest BCUT2D eigenvalue weighted by Crippen LogP contribution is -2.22. The number of rotatable bonds is 6. The SMILES string of the molecule is Cc1ncc(CNC(=O)CCc2ccc(-c3ccccc3F)o2)s1. The lowest BCUT2D eigenvalue weighted by atomic mass is 10.1. The third-order valence-corrected chi connectivity index (χ3v) is 4.44. The highest BCUT2D eigenvalue weighted by atomic mass is 32.1. The minimum absolute atomic E-state index is 0.0510. The predicted octanol–water partition coefficient (Wildman–Crippen LogP) is 4.10. The molecule has 2 heterocycles. The quantitative estimate of drug-likeness (QED) is 0.732. The Labute approximate surface area is 143 Å². The van der Waals surface area contributed by atoms with Gasteiger partial charge in [-0.1, -0.05) is 12.1 Å². The Bertz CT molecular complexity index is 841. The number of furan rings is 1. The van der Waals surface area contributed by atoms with Crippen LogP contribution >= 0.6 is 11.3 Å². The Kier molecular flexibility index (Phi) is 5.05. The molecular weight excluding hydrogens is 327 g/mol. The second-order valence-corrected chi connectivity index (χ2v) is 6.69.